The summed E-state index contributed by atoms with van der Waals surface area (Å²) in [4.78, 5) is 12.0. The Morgan fingerprint density at radius 2 is 2.00 bits per heavy atom. The molecule has 0 aromatic heterocycles. The molecular formula is C15H19FN2O3S. The van der Waals surface area contributed by atoms with Crippen LogP contribution in [0.4, 0.5) is 4.39 Å². The number of carbonyl (C=O) groups is 1. The first kappa shape index (κ1) is 15.4. The first-order valence-corrected chi connectivity index (χ1v) is 8.89. The molecule has 1 atom stereocenters. The fourth-order valence-corrected chi connectivity index (χ4v) is 5.45. The van der Waals surface area contributed by atoms with Crippen molar-refractivity contribution in [2.45, 2.75) is 43.0 Å². The molecule has 0 radical (unpaired) electrons. The van der Waals surface area contributed by atoms with Gasteiger partial charge in [-0.05, 0) is 50.3 Å². The highest BCUT2D eigenvalue weighted by Gasteiger charge is 2.53. The molecule has 120 valence electrons. The zero-order valence-electron chi connectivity index (χ0n) is 12.4. The molecule has 2 saturated heterocycles. The molecule has 2 aliphatic rings. The third-order valence-corrected chi connectivity index (χ3v) is 6.54. The first-order chi connectivity index (χ1) is 10.4. The van der Waals surface area contributed by atoms with Crippen molar-refractivity contribution in [1.29, 1.82) is 0 Å². The number of hydrogen-bond acceptors (Lipinski definition) is 3. The molecule has 7 heteroatoms. The number of sulfonamides is 1. The summed E-state index contributed by atoms with van der Waals surface area (Å²) >= 11 is 0. The van der Waals surface area contributed by atoms with E-state index in [1.807, 2.05) is 0 Å². The van der Waals surface area contributed by atoms with Gasteiger partial charge in [-0.15, -0.1) is 0 Å². The minimum absolute atomic E-state index is 0.253. The van der Waals surface area contributed by atoms with Crippen LogP contribution in [0.1, 0.15) is 31.2 Å². The van der Waals surface area contributed by atoms with Crippen LogP contribution in [0.25, 0.3) is 0 Å². The average Bonchev–Trinajstić information content (AvgIpc) is 2.90. The Morgan fingerprint density at radius 3 is 2.73 bits per heavy atom. The standard InChI is InChI=1S/C15H19FN2O3S/c1-11-4-5-12(16)13(10-11)22(20,21)18-9-3-7-15(18)6-2-8-17-14(15)19/h4-5,10H,2-3,6-9H2,1H3,(H,17,19). The molecule has 3 rings (SSSR count). The average molecular weight is 326 g/mol. The van der Waals surface area contributed by atoms with Crippen LogP contribution >= 0.6 is 0 Å². The van der Waals surface area contributed by atoms with Gasteiger partial charge in [0, 0.05) is 13.1 Å². The number of rotatable bonds is 2. The SMILES string of the molecule is Cc1ccc(F)c(S(=O)(=O)N2CCCC23CCCNC3=O)c1. The minimum atomic E-state index is -4.04. The minimum Gasteiger partial charge on any atom is -0.354 e. The van der Waals surface area contributed by atoms with Gasteiger partial charge in [-0.25, -0.2) is 12.8 Å². The van der Waals surface area contributed by atoms with Crippen molar-refractivity contribution in [2.24, 2.45) is 0 Å². The van der Waals surface area contributed by atoms with Crippen molar-refractivity contribution in [3.63, 3.8) is 0 Å². The fraction of sp³-hybridized carbons (Fsp3) is 0.533. The Kier molecular flexibility index (Phi) is 3.72. The number of nitrogens with one attached hydrogen (secondary N) is 1. The van der Waals surface area contributed by atoms with E-state index >= 15 is 0 Å². The second-order valence-electron chi connectivity index (χ2n) is 6.01. The zero-order chi connectivity index (χ0) is 16.0. The van der Waals surface area contributed by atoms with Crippen LogP contribution in [0.3, 0.4) is 0 Å². The van der Waals surface area contributed by atoms with Crippen molar-refractivity contribution in [3.8, 4) is 0 Å². The molecule has 1 unspecified atom stereocenters. The van der Waals surface area contributed by atoms with Gasteiger partial charge in [0.1, 0.15) is 16.3 Å². The van der Waals surface area contributed by atoms with Gasteiger partial charge in [-0.2, -0.15) is 4.31 Å². The Hall–Kier alpha value is -1.47. The molecule has 0 saturated carbocycles. The molecular weight excluding hydrogens is 307 g/mol. The number of carbonyl (C=O) groups excluding carboxylic acids is 1. The number of halogens is 1. The smallest absolute Gasteiger partial charge is 0.246 e. The quantitative estimate of drug-likeness (QED) is 0.897. The van der Waals surface area contributed by atoms with E-state index < -0.39 is 21.4 Å². The van der Waals surface area contributed by atoms with E-state index in [-0.39, 0.29) is 17.3 Å². The van der Waals surface area contributed by atoms with E-state index in [9.17, 15) is 17.6 Å². The molecule has 22 heavy (non-hydrogen) atoms. The number of amides is 1. The van der Waals surface area contributed by atoms with Crippen LogP contribution in [0.15, 0.2) is 23.1 Å². The largest absolute Gasteiger partial charge is 0.354 e. The molecule has 1 spiro atoms. The van der Waals surface area contributed by atoms with Crippen molar-refractivity contribution in [3.05, 3.63) is 29.6 Å². The lowest BCUT2D eigenvalue weighted by Gasteiger charge is -2.39. The van der Waals surface area contributed by atoms with E-state index in [4.69, 9.17) is 0 Å². The molecule has 1 aromatic rings. The van der Waals surface area contributed by atoms with Crippen molar-refractivity contribution >= 4 is 15.9 Å². The lowest BCUT2D eigenvalue weighted by atomic mass is 9.88. The van der Waals surface area contributed by atoms with E-state index in [2.05, 4.69) is 5.32 Å². The van der Waals surface area contributed by atoms with Gasteiger partial charge >= 0.3 is 0 Å². The highest BCUT2D eigenvalue weighted by atomic mass is 32.2. The van der Waals surface area contributed by atoms with Crippen LogP contribution < -0.4 is 5.32 Å². The molecule has 0 aliphatic carbocycles. The normalized spacial score (nSPS) is 26.4. The lowest BCUT2D eigenvalue weighted by molar-refractivity contribution is -0.131. The summed E-state index contributed by atoms with van der Waals surface area (Å²) in [5, 5.41) is 2.76. The molecule has 0 bridgehead atoms. The summed E-state index contributed by atoms with van der Waals surface area (Å²) < 4.78 is 41.1. The number of hydrogen-bond donors (Lipinski definition) is 1. The van der Waals surface area contributed by atoms with Gasteiger partial charge in [0.2, 0.25) is 15.9 Å². The highest BCUT2D eigenvalue weighted by molar-refractivity contribution is 7.89. The maximum atomic E-state index is 14.1. The summed E-state index contributed by atoms with van der Waals surface area (Å²) in [5.74, 6) is -1.03. The van der Waals surface area contributed by atoms with E-state index in [0.29, 0.717) is 31.4 Å². The molecule has 5 nitrogen and oxygen atoms in total. The summed E-state index contributed by atoms with van der Waals surface area (Å²) in [7, 11) is -4.04. The predicted molar refractivity (Wildman–Crippen MR) is 79.2 cm³/mol. The topological polar surface area (TPSA) is 66.5 Å². The number of benzene rings is 1. The summed E-state index contributed by atoms with van der Waals surface area (Å²) in [6.07, 6.45) is 2.32. The van der Waals surface area contributed by atoms with Gasteiger partial charge in [-0.1, -0.05) is 6.07 Å². The molecule has 2 fully saturated rings. The number of aryl methyl sites for hydroxylation is 1. The van der Waals surface area contributed by atoms with Crippen LogP contribution in [0.2, 0.25) is 0 Å². The second-order valence-corrected chi connectivity index (χ2v) is 7.84. The third-order valence-electron chi connectivity index (χ3n) is 4.56. The van der Waals surface area contributed by atoms with Gasteiger partial charge in [0.25, 0.3) is 0 Å². The third kappa shape index (κ3) is 2.23. The monoisotopic (exact) mass is 326 g/mol. The Bertz CT molecular complexity index is 719. The maximum absolute atomic E-state index is 14.1. The molecule has 1 aromatic carbocycles. The van der Waals surface area contributed by atoms with Crippen LogP contribution in [-0.2, 0) is 14.8 Å². The zero-order valence-corrected chi connectivity index (χ0v) is 13.2. The molecule has 2 aliphatic heterocycles. The number of piperidine rings is 1. The first-order valence-electron chi connectivity index (χ1n) is 7.45. The maximum Gasteiger partial charge on any atom is 0.246 e. The second kappa shape index (κ2) is 5.31. The molecule has 2 heterocycles. The summed E-state index contributed by atoms with van der Waals surface area (Å²) in [6.45, 7) is 2.53. The van der Waals surface area contributed by atoms with Crippen LogP contribution in [-0.4, -0.2) is 37.3 Å². The van der Waals surface area contributed by atoms with Crippen molar-refractivity contribution < 1.29 is 17.6 Å². The van der Waals surface area contributed by atoms with Crippen LogP contribution in [0.5, 0.6) is 0 Å². The Balaban J connectivity index is 2.08. The predicted octanol–water partition coefficient (Wildman–Crippen LogP) is 1.57. The Morgan fingerprint density at radius 1 is 1.27 bits per heavy atom. The van der Waals surface area contributed by atoms with Crippen molar-refractivity contribution in [2.75, 3.05) is 13.1 Å². The van der Waals surface area contributed by atoms with E-state index in [0.717, 1.165) is 12.5 Å². The highest BCUT2D eigenvalue weighted by Crippen LogP contribution is 2.40. The van der Waals surface area contributed by atoms with Crippen LogP contribution in [0, 0.1) is 12.7 Å². The van der Waals surface area contributed by atoms with Gasteiger partial charge < -0.3 is 5.32 Å². The molecule has 1 N–H and O–H groups in total. The van der Waals surface area contributed by atoms with Crippen molar-refractivity contribution in [1.82, 2.24) is 9.62 Å². The van der Waals surface area contributed by atoms with Gasteiger partial charge in [0.05, 0.1) is 0 Å². The van der Waals surface area contributed by atoms with Gasteiger partial charge in [0.15, 0.2) is 0 Å². The summed E-state index contributed by atoms with van der Waals surface area (Å²) in [5.41, 5.74) is -0.380. The number of nitrogens with zero attached hydrogens (tertiary/aromatic N) is 1. The Labute approximate surface area is 129 Å². The van der Waals surface area contributed by atoms with Gasteiger partial charge in [-0.3, -0.25) is 4.79 Å². The molecule has 1 amide bonds. The fourth-order valence-electron chi connectivity index (χ4n) is 3.47. The van der Waals surface area contributed by atoms with E-state index in [1.165, 1.54) is 16.4 Å². The van der Waals surface area contributed by atoms with E-state index in [1.54, 1.807) is 6.92 Å². The summed E-state index contributed by atoms with van der Waals surface area (Å²) in [6, 6.07) is 4.02. The lowest BCUT2D eigenvalue weighted by Crippen LogP contribution is -2.60.